The molecule has 0 aliphatic heterocycles. The van der Waals surface area contributed by atoms with Gasteiger partial charge in [-0.3, -0.25) is 9.59 Å². The summed E-state index contributed by atoms with van der Waals surface area (Å²) in [5.41, 5.74) is 2.02. The largest absolute Gasteiger partial charge is 0.373 e. The number of hydrogen-bond acceptors (Lipinski definition) is 7. The number of anilines is 5. The lowest BCUT2D eigenvalue weighted by molar-refractivity contribution is 0.880. The Hall–Kier alpha value is -4.52. The number of para-hydroxylation sites is 1. The molecule has 0 unspecified atom stereocenters. The zero-order valence-corrected chi connectivity index (χ0v) is 17.9. The standard InChI is InChI=1S/C26H21N5O2/c1-16(17-7-3-2-4-8-17)28-23-24(26(33)25(23)32)29-19-13-14-27-22(15-19)31-21-12-11-18-9-5-6-10-20(18)30-21/h2-16,28H,1H3,(H2,27,29,30,31)/t16-/m1/s1. The van der Waals surface area contributed by atoms with Crippen LogP contribution in [0.4, 0.5) is 28.7 Å². The number of benzene rings is 2. The van der Waals surface area contributed by atoms with E-state index < -0.39 is 10.9 Å². The fourth-order valence-electron chi connectivity index (χ4n) is 3.68. The van der Waals surface area contributed by atoms with Gasteiger partial charge in [0.1, 0.15) is 23.0 Å². The van der Waals surface area contributed by atoms with Gasteiger partial charge in [0.25, 0.3) is 10.9 Å². The van der Waals surface area contributed by atoms with Crippen molar-refractivity contribution in [1.82, 2.24) is 9.97 Å². The Balaban J connectivity index is 1.34. The zero-order chi connectivity index (χ0) is 22.8. The van der Waals surface area contributed by atoms with Crippen LogP contribution in [0.1, 0.15) is 18.5 Å². The molecule has 1 atom stereocenters. The minimum Gasteiger partial charge on any atom is -0.373 e. The minimum atomic E-state index is -0.541. The van der Waals surface area contributed by atoms with Gasteiger partial charge in [0.2, 0.25) is 0 Å². The van der Waals surface area contributed by atoms with Crippen molar-refractivity contribution in [3.8, 4) is 0 Å². The van der Waals surface area contributed by atoms with Gasteiger partial charge in [0, 0.05) is 29.4 Å². The van der Waals surface area contributed by atoms with E-state index in [2.05, 4.69) is 25.9 Å². The molecule has 7 heteroatoms. The van der Waals surface area contributed by atoms with Crippen molar-refractivity contribution in [1.29, 1.82) is 0 Å². The fraction of sp³-hybridized carbons (Fsp3) is 0.0769. The first-order valence-corrected chi connectivity index (χ1v) is 10.6. The summed E-state index contributed by atoms with van der Waals surface area (Å²) in [6.45, 7) is 1.95. The van der Waals surface area contributed by atoms with E-state index in [4.69, 9.17) is 0 Å². The van der Waals surface area contributed by atoms with E-state index in [0.29, 0.717) is 23.0 Å². The normalized spacial score (nSPS) is 11.9. The van der Waals surface area contributed by atoms with Gasteiger partial charge in [-0.2, -0.15) is 0 Å². The number of nitrogens with one attached hydrogen (secondary N) is 3. The highest BCUT2D eigenvalue weighted by atomic mass is 16.2. The maximum atomic E-state index is 12.2. The SMILES string of the molecule is C[C@@H](Nc1c(Nc2ccnc(Nc3ccc4ccccc4n3)c2)c(=O)c1=O)c1ccccc1. The molecule has 33 heavy (non-hydrogen) atoms. The number of pyridine rings is 2. The third kappa shape index (κ3) is 4.16. The molecule has 2 aromatic heterocycles. The van der Waals surface area contributed by atoms with Gasteiger partial charge in [-0.15, -0.1) is 0 Å². The van der Waals surface area contributed by atoms with Crippen LogP contribution in [0.15, 0.2) is 94.6 Å². The lowest BCUT2D eigenvalue weighted by Crippen LogP contribution is -2.37. The molecule has 0 fully saturated rings. The smallest absolute Gasteiger partial charge is 0.253 e. The lowest BCUT2D eigenvalue weighted by atomic mass is 10.1. The highest BCUT2D eigenvalue weighted by Gasteiger charge is 2.23. The topological polar surface area (TPSA) is 96.0 Å². The lowest BCUT2D eigenvalue weighted by Gasteiger charge is -2.20. The van der Waals surface area contributed by atoms with Crippen LogP contribution in [0.5, 0.6) is 0 Å². The second-order valence-corrected chi connectivity index (χ2v) is 7.75. The van der Waals surface area contributed by atoms with Gasteiger partial charge in [0.05, 0.1) is 5.52 Å². The van der Waals surface area contributed by atoms with Crippen LogP contribution in [-0.4, -0.2) is 9.97 Å². The molecule has 0 amide bonds. The summed E-state index contributed by atoms with van der Waals surface area (Å²) >= 11 is 0. The highest BCUT2D eigenvalue weighted by molar-refractivity contribution is 5.81. The predicted molar refractivity (Wildman–Crippen MR) is 132 cm³/mol. The molecule has 7 nitrogen and oxygen atoms in total. The molecule has 5 rings (SSSR count). The second kappa shape index (κ2) is 8.55. The van der Waals surface area contributed by atoms with Gasteiger partial charge in [-0.25, -0.2) is 9.97 Å². The van der Waals surface area contributed by atoms with Gasteiger partial charge in [-0.05, 0) is 36.8 Å². The molecule has 5 aromatic rings. The molecule has 3 N–H and O–H groups in total. The highest BCUT2D eigenvalue weighted by Crippen LogP contribution is 2.26. The zero-order valence-electron chi connectivity index (χ0n) is 17.9. The van der Waals surface area contributed by atoms with Crippen LogP contribution in [0, 0.1) is 0 Å². The molecule has 0 radical (unpaired) electrons. The van der Waals surface area contributed by atoms with Crippen molar-refractivity contribution in [3.05, 3.63) is 111 Å². The fourth-order valence-corrected chi connectivity index (χ4v) is 3.68. The first-order valence-electron chi connectivity index (χ1n) is 10.6. The Bertz CT molecular complexity index is 1510. The van der Waals surface area contributed by atoms with Crippen LogP contribution < -0.4 is 26.8 Å². The summed E-state index contributed by atoms with van der Waals surface area (Å²) in [6, 6.07) is 24.9. The molecule has 0 bridgehead atoms. The first-order chi connectivity index (χ1) is 16.1. The Morgan fingerprint density at radius 2 is 1.52 bits per heavy atom. The second-order valence-electron chi connectivity index (χ2n) is 7.75. The third-order valence-electron chi connectivity index (χ3n) is 5.45. The van der Waals surface area contributed by atoms with E-state index in [-0.39, 0.29) is 11.7 Å². The van der Waals surface area contributed by atoms with Gasteiger partial charge >= 0.3 is 0 Å². The monoisotopic (exact) mass is 435 g/mol. The average molecular weight is 435 g/mol. The van der Waals surface area contributed by atoms with E-state index in [1.165, 1.54) is 0 Å². The molecule has 0 aliphatic rings. The van der Waals surface area contributed by atoms with Crippen LogP contribution in [0.2, 0.25) is 0 Å². The number of nitrogens with zero attached hydrogens (tertiary/aromatic N) is 2. The molecule has 0 saturated carbocycles. The number of rotatable bonds is 7. The van der Waals surface area contributed by atoms with Crippen molar-refractivity contribution in [2.24, 2.45) is 0 Å². The molecule has 3 aromatic carbocycles. The van der Waals surface area contributed by atoms with E-state index in [0.717, 1.165) is 16.5 Å². The first kappa shape index (κ1) is 20.4. The summed E-state index contributed by atoms with van der Waals surface area (Å²) < 4.78 is 0. The molecule has 2 heterocycles. The molecular weight excluding hydrogens is 414 g/mol. The van der Waals surface area contributed by atoms with Gasteiger partial charge in [0.15, 0.2) is 0 Å². The van der Waals surface area contributed by atoms with Crippen molar-refractivity contribution in [2.75, 3.05) is 16.0 Å². The number of aromatic nitrogens is 2. The van der Waals surface area contributed by atoms with Crippen LogP contribution in [0.25, 0.3) is 10.9 Å². The van der Waals surface area contributed by atoms with Crippen LogP contribution >= 0.6 is 0 Å². The summed E-state index contributed by atoms with van der Waals surface area (Å²) in [7, 11) is 0. The Morgan fingerprint density at radius 1 is 0.758 bits per heavy atom. The molecule has 0 saturated heterocycles. The average Bonchev–Trinajstić information content (AvgIpc) is 2.86. The Kier molecular flexibility index (Phi) is 5.28. The van der Waals surface area contributed by atoms with Crippen molar-refractivity contribution < 1.29 is 0 Å². The maximum absolute atomic E-state index is 12.2. The van der Waals surface area contributed by atoms with E-state index in [1.807, 2.05) is 73.7 Å². The Morgan fingerprint density at radius 3 is 2.36 bits per heavy atom. The molecule has 0 spiro atoms. The summed E-state index contributed by atoms with van der Waals surface area (Å²) in [4.78, 5) is 33.4. The van der Waals surface area contributed by atoms with Gasteiger partial charge in [-0.1, -0.05) is 48.5 Å². The quantitative estimate of drug-likeness (QED) is 0.313. The molecule has 162 valence electrons. The predicted octanol–water partition coefficient (Wildman–Crippen LogP) is 4.89. The van der Waals surface area contributed by atoms with Crippen molar-refractivity contribution in [2.45, 2.75) is 13.0 Å². The number of fused-ring (bicyclic) bond motifs is 1. The molecular formula is C26H21N5O2. The van der Waals surface area contributed by atoms with Crippen LogP contribution in [0.3, 0.4) is 0 Å². The number of hydrogen-bond donors (Lipinski definition) is 3. The third-order valence-corrected chi connectivity index (χ3v) is 5.45. The Labute approximate surface area is 189 Å². The summed E-state index contributed by atoms with van der Waals surface area (Å²) in [5, 5.41) is 10.5. The van der Waals surface area contributed by atoms with E-state index in [9.17, 15) is 9.59 Å². The van der Waals surface area contributed by atoms with E-state index >= 15 is 0 Å². The van der Waals surface area contributed by atoms with Crippen molar-refractivity contribution in [3.63, 3.8) is 0 Å². The van der Waals surface area contributed by atoms with Gasteiger partial charge < -0.3 is 16.0 Å². The van der Waals surface area contributed by atoms with E-state index in [1.54, 1.807) is 18.3 Å². The molecule has 0 aliphatic carbocycles. The maximum Gasteiger partial charge on any atom is 0.253 e. The summed E-state index contributed by atoms with van der Waals surface area (Å²) in [5.74, 6) is 1.22. The summed E-state index contributed by atoms with van der Waals surface area (Å²) in [6.07, 6.45) is 1.62. The minimum absolute atomic E-state index is 0.122. The van der Waals surface area contributed by atoms with Crippen molar-refractivity contribution >= 4 is 39.6 Å². The van der Waals surface area contributed by atoms with Crippen LogP contribution in [-0.2, 0) is 0 Å².